The molecule has 1 aromatic rings. The normalized spacial score (nSPS) is 18.4. The third-order valence-corrected chi connectivity index (χ3v) is 5.06. The van der Waals surface area contributed by atoms with Crippen LogP contribution in [0.5, 0.6) is 0 Å². The van der Waals surface area contributed by atoms with Gasteiger partial charge >= 0.3 is 0 Å². The van der Waals surface area contributed by atoms with Crippen LogP contribution in [-0.2, 0) is 6.42 Å². The summed E-state index contributed by atoms with van der Waals surface area (Å²) in [6, 6.07) is 5.82. The molecule has 1 fully saturated rings. The molecule has 1 aromatic carbocycles. The molecule has 0 spiro atoms. The minimum absolute atomic E-state index is 0.0897. The summed E-state index contributed by atoms with van der Waals surface area (Å²) in [5.74, 6) is 0.725. The molecular weight excluding hydrogens is 329 g/mol. The molecule has 0 amide bonds. The second-order valence-corrected chi connectivity index (χ2v) is 7.20. The quantitative estimate of drug-likeness (QED) is 0.667. The standard InChI is InChI=1S/C18H27BrFN/c1-2-21-17(11-14-7-5-3-4-6-8-14)12-15-9-10-16(19)13-18(15)20/h9-10,13-14,17,21H,2-8,11-12H2,1H3. The Hall–Kier alpha value is -0.410. The number of likely N-dealkylation sites (N-methyl/N-ethyl adjacent to an activating group) is 1. The van der Waals surface area contributed by atoms with E-state index in [-0.39, 0.29) is 5.82 Å². The summed E-state index contributed by atoms with van der Waals surface area (Å²) in [6.07, 6.45) is 10.2. The smallest absolute Gasteiger partial charge is 0.127 e. The van der Waals surface area contributed by atoms with Gasteiger partial charge in [-0.15, -0.1) is 0 Å². The fraction of sp³-hybridized carbons (Fsp3) is 0.667. The highest BCUT2D eigenvalue weighted by molar-refractivity contribution is 9.10. The lowest BCUT2D eigenvalue weighted by Crippen LogP contribution is -2.33. The first kappa shape index (κ1) is 17.0. The third-order valence-electron chi connectivity index (χ3n) is 4.57. The molecular formula is C18H27BrFN. The van der Waals surface area contributed by atoms with Gasteiger partial charge in [0.1, 0.15) is 5.82 Å². The Labute approximate surface area is 136 Å². The zero-order valence-electron chi connectivity index (χ0n) is 13.0. The van der Waals surface area contributed by atoms with Crippen LogP contribution in [0.3, 0.4) is 0 Å². The highest BCUT2D eigenvalue weighted by atomic mass is 79.9. The number of halogens is 2. The predicted octanol–water partition coefficient (Wildman–Crippen LogP) is 5.47. The van der Waals surface area contributed by atoms with Crippen LogP contribution in [0, 0.1) is 11.7 Å². The molecule has 1 aliphatic rings. The fourth-order valence-electron chi connectivity index (χ4n) is 3.48. The average molecular weight is 356 g/mol. The summed E-state index contributed by atoms with van der Waals surface area (Å²) >= 11 is 3.33. The minimum atomic E-state index is -0.0897. The molecule has 3 heteroatoms. The van der Waals surface area contributed by atoms with Crippen LogP contribution < -0.4 is 5.32 Å². The van der Waals surface area contributed by atoms with Crippen molar-refractivity contribution in [3.05, 3.63) is 34.1 Å². The maximum absolute atomic E-state index is 14.0. The zero-order chi connectivity index (χ0) is 15.1. The Morgan fingerprint density at radius 1 is 1.24 bits per heavy atom. The lowest BCUT2D eigenvalue weighted by Gasteiger charge is -2.24. The first-order valence-electron chi connectivity index (χ1n) is 8.36. The van der Waals surface area contributed by atoms with E-state index < -0.39 is 0 Å². The van der Waals surface area contributed by atoms with Gasteiger partial charge in [0.05, 0.1) is 0 Å². The van der Waals surface area contributed by atoms with Gasteiger partial charge in [0.15, 0.2) is 0 Å². The lowest BCUT2D eigenvalue weighted by atomic mass is 9.90. The van der Waals surface area contributed by atoms with E-state index in [1.165, 1.54) is 44.9 Å². The summed E-state index contributed by atoms with van der Waals surface area (Å²) in [5.41, 5.74) is 0.831. The van der Waals surface area contributed by atoms with Gasteiger partial charge in [0.2, 0.25) is 0 Å². The van der Waals surface area contributed by atoms with E-state index in [0.717, 1.165) is 28.9 Å². The number of hydrogen-bond donors (Lipinski definition) is 1. The number of hydrogen-bond acceptors (Lipinski definition) is 1. The van der Waals surface area contributed by atoms with Crippen LogP contribution in [0.15, 0.2) is 22.7 Å². The molecule has 0 aromatic heterocycles. The van der Waals surface area contributed by atoms with E-state index in [9.17, 15) is 4.39 Å². The van der Waals surface area contributed by atoms with E-state index >= 15 is 0 Å². The van der Waals surface area contributed by atoms with Crippen molar-refractivity contribution < 1.29 is 4.39 Å². The molecule has 2 rings (SSSR count). The van der Waals surface area contributed by atoms with E-state index in [2.05, 4.69) is 28.2 Å². The summed E-state index contributed by atoms with van der Waals surface area (Å²) < 4.78 is 14.8. The van der Waals surface area contributed by atoms with Gasteiger partial charge in [-0.1, -0.05) is 67.4 Å². The van der Waals surface area contributed by atoms with Crippen molar-refractivity contribution in [1.82, 2.24) is 5.32 Å². The van der Waals surface area contributed by atoms with E-state index in [0.29, 0.717) is 6.04 Å². The van der Waals surface area contributed by atoms with Crippen molar-refractivity contribution >= 4 is 15.9 Å². The fourth-order valence-corrected chi connectivity index (χ4v) is 3.82. The number of benzene rings is 1. The Balaban J connectivity index is 1.97. The number of nitrogens with one attached hydrogen (secondary N) is 1. The Bertz CT molecular complexity index is 427. The Kier molecular flexibility index (Phi) is 7.18. The average Bonchev–Trinajstić information content (AvgIpc) is 2.71. The SMILES string of the molecule is CCNC(Cc1ccc(Br)cc1F)CC1CCCCCC1. The molecule has 118 valence electrons. The molecule has 0 aliphatic heterocycles. The van der Waals surface area contributed by atoms with Crippen molar-refractivity contribution in [1.29, 1.82) is 0 Å². The zero-order valence-corrected chi connectivity index (χ0v) is 14.6. The molecule has 1 nitrogen and oxygen atoms in total. The molecule has 1 saturated carbocycles. The highest BCUT2D eigenvalue weighted by Crippen LogP contribution is 2.27. The van der Waals surface area contributed by atoms with Crippen molar-refractivity contribution in [2.75, 3.05) is 6.54 Å². The first-order valence-corrected chi connectivity index (χ1v) is 9.15. The van der Waals surface area contributed by atoms with Gasteiger partial charge in [-0.3, -0.25) is 0 Å². The third kappa shape index (κ3) is 5.71. The maximum atomic E-state index is 14.0. The summed E-state index contributed by atoms with van der Waals surface area (Å²) in [6.45, 7) is 3.09. The van der Waals surface area contributed by atoms with Gasteiger partial charge in [0.25, 0.3) is 0 Å². The van der Waals surface area contributed by atoms with Crippen LogP contribution >= 0.6 is 15.9 Å². The van der Waals surface area contributed by atoms with Crippen LogP contribution in [0.2, 0.25) is 0 Å². The molecule has 0 radical (unpaired) electrons. The Morgan fingerprint density at radius 2 is 1.95 bits per heavy atom. The van der Waals surface area contributed by atoms with E-state index in [1.807, 2.05) is 12.1 Å². The van der Waals surface area contributed by atoms with Gasteiger partial charge in [0, 0.05) is 10.5 Å². The molecule has 1 N–H and O–H groups in total. The van der Waals surface area contributed by atoms with Crippen molar-refractivity contribution in [3.63, 3.8) is 0 Å². The molecule has 21 heavy (non-hydrogen) atoms. The topological polar surface area (TPSA) is 12.0 Å². The monoisotopic (exact) mass is 355 g/mol. The molecule has 1 unspecified atom stereocenters. The molecule has 1 aliphatic carbocycles. The predicted molar refractivity (Wildman–Crippen MR) is 91.1 cm³/mol. The molecule has 0 heterocycles. The van der Waals surface area contributed by atoms with Crippen LogP contribution in [-0.4, -0.2) is 12.6 Å². The van der Waals surface area contributed by atoms with Gasteiger partial charge in [-0.05, 0) is 43.0 Å². The lowest BCUT2D eigenvalue weighted by molar-refractivity contribution is 0.351. The van der Waals surface area contributed by atoms with Crippen molar-refractivity contribution in [2.24, 2.45) is 5.92 Å². The molecule has 1 atom stereocenters. The largest absolute Gasteiger partial charge is 0.314 e. The highest BCUT2D eigenvalue weighted by Gasteiger charge is 2.19. The summed E-state index contributed by atoms with van der Waals surface area (Å²) in [5, 5.41) is 3.56. The molecule has 0 saturated heterocycles. The van der Waals surface area contributed by atoms with Crippen LogP contribution in [0.25, 0.3) is 0 Å². The van der Waals surface area contributed by atoms with E-state index in [1.54, 1.807) is 6.07 Å². The van der Waals surface area contributed by atoms with Gasteiger partial charge in [-0.25, -0.2) is 4.39 Å². The maximum Gasteiger partial charge on any atom is 0.127 e. The first-order chi connectivity index (χ1) is 10.2. The van der Waals surface area contributed by atoms with Crippen LogP contribution in [0.1, 0.15) is 57.4 Å². The second kappa shape index (κ2) is 8.89. The Morgan fingerprint density at radius 3 is 2.57 bits per heavy atom. The summed E-state index contributed by atoms with van der Waals surface area (Å²) in [4.78, 5) is 0. The molecule has 0 bridgehead atoms. The summed E-state index contributed by atoms with van der Waals surface area (Å²) in [7, 11) is 0. The van der Waals surface area contributed by atoms with Crippen molar-refractivity contribution in [3.8, 4) is 0 Å². The van der Waals surface area contributed by atoms with E-state index in [4.69, 9.17) is 0 Å². The van der Waals surface area contributed by atoms with Crippen molar-refractivity contribution in [2.45, 2.75) is 64.3 Å². The van der Waals surface area contributed by atoms with Gasteiger partial charge in [-0.2, -0.15) is 0 Å². The number of rotatable bonds is 6. The van der Waals surface area contributed by atoms with Crippen LogP contribution in [0.4, 0.5) is 4.39 Å². The van der Waals surface area contributed by atoms with Gasteiger partial charge < -0.3 is 5.32 Å². The second-order valence-electron chi connectivity index (χ2n) is 6.29. The minimum Gasteiger partial charge on any atom is -0.314 e.